The minimum absolute atomic E-state index is 0.0593. The summed E-state index contributed by atoms with van der Waals surface area (Å²) in [6, 6.07) is 5.77. The number of rotatable bonds is 8. The Kier molecular flexibility index (Phi) is 7.19. The molecule has 0 spiro atoms. The number of hydrogen-bond donors (Lipinski definition) is 5. The van der Waals surface area contributed by atoms with Crippen LogP contribution in [0.5, 0.6) is 5.75 Å². The summed E-state index contributed by atoms with van der Waals surface area (Å²) < 4.78 is 5.46. The smallest absolute Gasteiger partial charge is 0.328 e. The van der Waals surface area contributed by atoms with Gasteiger partial charge in [0.05, 0.1) is 18.3 Å². The van der Waals surface area contributed by atoms with Crippen LogP contribution in [-0.2, 0) is 11.3 Å². The zero-order chi connectivity index (χ0) is 25.8. The van der Waals surface area contributed by atoms with Crippen LogP contribution in [0.4, 0.5) is 10.6 Å². The van der Waals surface area contributed by atoms with Gasteiger partial charge in [-0.3, -0.25) is 20.0 Å². The van der Waals surface area contributed by atoms with Crippen LogP contribution in [0.15, 0.2) is 66.5 Å². The highest BCUT2D eigenvalue weighted by molar-refractivity contribution is 5.91. The fourth-order valence-electron chi connectivity index (χ4n) is 4.54. The van der Waals surface area contributed by atoms with E-state index in [9.17, 15) is 14.7 Å². The molecule has 2 bridgehead atoms. The second-order valence-electron chi connectivity index (χ2n) is 9.01. The molecule has 12 nitrogen and oxygen atoms in total. The number of amides is 3. The number of hydrogen-bond acceptors (Lipinski definition) is 9. The van der Waals surface area contributed by atoms with Gasteiger partial charge in [-0.15, -0.1) is 0 Å². The Morgan fingerprint density at radius 1 is 1.30 bits per heavy atom. The van der Waals surface area contributed by atoms with E-state index < -0.39 is 18.8 Å². The van der Waals surface area contributed by atoms with Gasteiger partial charge in [0, 0.05) is 44.3 Å². The number of urea groups is 1. The van der Waals surface area contributed by atoms with E-state index in [0.717, 1.165) is 24.2 Å². The molecule has 0 aliphatic carbocycles. The van der Waals surface area contributed by atoms with Crippen molar-refractivity contribution in [1.29, 1.82) is 0 Å². The standard InChI is InChI=1S/C25H29N7O5/c33-14-18(34)15-37-19-5-8-27-22(10-19)30-25(36)32-17-6-9-31(13-17)21-4-3-20(29-23(21)32)24(35)28-12-16-2-1-7-26-11-16/h1-5,7-8,10-11,17-18,20,29,33-34H,6,9,12-15H2,(H,28,35)(H,27,30,36)/t17-,18+,20?/m0/s1. The predicted molar refractivity (Wildman–Crippen MR) is 133 cm³/mol. The van der Waals surface area contributed by atoms with E-state index in [1.54, 1.807) is 35.5 Å². The van der Waals surface area contributed by atoms with Crippen molar-refractivity contribution in [2.24, 2.45) is 0 Å². The van der Waals surface area contributed by atoms with Crippen LogP contribution in [0.1, 0.15) is 12.0 Å². The van der Waals surface area contributed by atoms with Gasteiger partial charge in [-0.2, -0.15) is 0 Å². The van der Waals surface area contributed by atoms with Gasteiger partial charge in [-0.25, -0.2) is 9.78 Å². The Labute approximate surface area is 213 Å². The van der Waals surface area contributed by atoms with Gasteiger partial charge in [0.15, 0.2) is 0 Å². The minimum Gasteiger partial charge on any atom is -0.491 e. The molecule has 12 heteroatoms. The molecule has 3 aliphatic rings. The van der Waals surface area contributed by atoms with E-state index in [1.165, 1.54) is 6.20 Å². The number of nitrogens with one attached hydrogen (secondary N) is 3. The first kappa shape index (κ1) is 24.5. The van der Waals surface area contributed by atoms with Gasteiger partial charge in [0.25, 0.3) is 0 Å². The van der Waals surface area contributed by atoms with E-state index in [4.69, 9.17) is 9.84 Å². The minimum atomic E-state index is -1.00. The monoisotopic (exact) mass is 507 g/mol. The SMILES string of the molecule is O=C(NCc1cccnc1)C1C=CC2=C(N1)N(C(=O)Nc1cc(OC[C@H](O)CO)ccn1)[C@H]1CCN2C1. The Morgan fingerprint density at radius 2 is 2.19 bits per heavy atom. The lowest BCUT2D eigenvalue weighted by Crippen LogP contribution is -2.55. The number of aliphatic hydroxyl groups is 2. The highest BCUT2D eigenvalue weighted by atomic mass is 16.5. The van der Waals surface area contributed by atoms with Crippen molar-refractivity contribution in [3.8, 4) is 5.75 Å². The van der Waals surface area contributed by atoms with Crippen LogP contribution in [0.25, 0.3) is 0 Å². The lowest BCUT2D eigenvalue weighted by atomic mass is 10.1. The van der Waals surface area contributed by atoms with E-state index >= 15 is 0 Å². The zero-order valence-electron chi connectivity index (χ0n) is 20.1. The fraction of sp³-hybridized carbons (Fsp3) is 0.360. The molecular weight excluding hydrogens is 478 g/mol. The summed E-state index contributed by atoms with van der Waals surface area (Å²) in [6.45, 7) is 1.36. The third kappa shape index (κ3) is 5.49. The quantitative estimate of drug-likeness (QED) is 0.336. The van der Waals surface area contributed by atoms with Crippen molar-refractivity contribution in [3.63, 3.8) is 0 Å². The molecule has 1 fully saturated rings. The van der Waals surface area contributed by atoms with Crippen molar-refractivity contribution in [2.75, 3.05) is 31.6 Å². The predicted octanol–water partition coefficient (Wildman–Crippen LogP) is 0.144. The Hall–Kier alpha value is -4.16. The zero-order valence-corrected chi connectivity index (χ0v) is 20.1. The molecular formula is C25H29N7O5. The Morgan fingerprint density at radius 3 is 3.00 bits per heavy atom. The molecule has 3 amide bonds. The van der Waals surface area contributed by atoms with E-state index in [0.29, 0.717) is 24.7 Å². The molecule has 1 unspecified atom stereocenters. The van der Waals surface area contributed by atoms with Gasteiger partial charge in [-0.1, -0.05) is 12.1 Å². The second kappa shape index (κ2) is 10.8. The topological polar surface area (TPSA) is 152 Å². The third-order valence-electron chi connectivity index (χ3n) is 6.40. The maximum absolute atomic E-state index is 13.5. The first-order valence-electron chi connectivity index (χ1n) is 12.1. The largest absolute Gasteiger partial charge is 0.491 e. The Bertz CT molecular complexity index is 1200. The Balaban J connectivity index is 1.27. The number of dihydropyridines is 1. The van der Waals surface area contributed by atoms with E-state index in [1.807, 2.05) is 18.2 Å². The summed E-state index contributed by atoms with van der Waals surface area (Å²) >= 11 is 0. The molecule has 2 aromatic heterocycles. The lowest BCUT2D eigenvalue weighted by molar-refractivity contribution is -0.122. The van der Waals surface area contributed by atoms with Gasteiger partial charge < -0.3 is 30.5 Å². The van der Waals surface area contributed by atoms with Crippen molar-refractivity contribution in [1.82, 2.24) is 30.4 Å². The molecule has 3 aliphatic heterocycles. The molecule has 5 rings (SSSR count). The number of aromatic nitrogens is 2. The van der Waals surface area contributed by atoms with Crippen molar-refractivity contribution >= 4 is 17.8 Å². The molecule has 0 aromatic carbocycles. The number of fused-ring (bicyclic) bond motifs is 3. The number of allylic oxidation sites excluding steroid dienone is 1. The van der Waals surface area contributed by atoms with Crippen molar-refractivity contribution < 1.29 is 24.5 Å². The first-order chi connectivity index (χ1) is 18.0. The maximum Gasteiger partial charge on any atom is 0.328 e. The molecule has 194 valence electrons. The van der Waals surface area contributed by atoms with E-state index in [2.05, 4.69) is 30.8 Å². The first-order valence-corrected chi connectivity index (χ1v) is 12.1. The molecule has 0 radical (unpaired) electrons. The number of nitrogens with zero attached hydrogens (tertiary/aromatic N) is 4. The number of pyridine rings is 2. The van der Waals surface area contributed by atoms with Crippen LogP contribution in [0.2, 0.25) is 0 Å². The fourth-order valence-corrected chi connectivity index (χ4v) is 4.54. The number of carbonyl (C=O) groups excluding carboxylic acids is 2. The van der Waals surface area contributed by atoms with Gasteiger partial charge in [0.2, 0.25) is 5.91 Å². The lowest BCUT2D eigenvalue weighted by Gasteiger charge is -2.40. The number of carbonyl (C=O) groups is 2. The molecule has 5 heterocycles. The molecule has 5 N–H and O–H groups in total. The maximum atomic E-state index is 13.5. The number of ether oxygens (including phenoxy) is 1. The summed E-state index contributed by atoms with van der Waals surface area (Å²) in [5.74, 6) is 1.04. The number of anilines is 1. The third-order valence-corrected chi connectivity index (χ3v) is 6.40. The van der Waals surface area contributed by atoms with E-state index in [-0.39, 0.29) is 30.4 Å². The van der Waals surface area contributed by atoms with Crippen LogP contribution in [-0.4, -0.2) is 86.4 Å². The number of aliphatic hydroxyl groups excluding tert-OH is 2. The van der Waals surface area contributed by atoms with Crippen molar-refractivity contribution in [3.05, 3.63) is 72.1 Å². The normalized spacial score (nSPS) is 20.7. The molecule has 2 aromatic rings. The van der Waals surface area contributed by atoms with Crippen molar-refractivity contribution in [2.45, 2.75) is 31.2 Å². The molecule has 1 saturated heterocycles. The summed E-state index contributed by atoms with van der Waals surface area (Å²) in [5.41, 5.74) is 1.76. The van der Waals surface area contributed by atoms with Crippen LogP contribution < -0.4 is 20.7 Å². The highest BCUT2D eigenvalue weighted by Gasteiger charge is 2.42. The molecule has 37 heavy (non-hydrogen) atoms. The summed E-state index contributed by atoms with van der Waals surface area (Å²) in [6.07, 6.45) is 8.34. The summed E-state index contributed by atoms with van der Waals surface area (Å²) in [5, 5.41) is 27.5. The average molecular weight is 508 g/mol. The van der Waals surface area contributed by atoms with Gasteiger partial charge in [0.1, 0.15) is 36.1 Å². The second-order valence-corrected chi connectivity index (χ2v) is 9.01. The highest BCUT2D eigenvalue weighted by Crippen LogP contribution is 2.33. The van der Waals surface area contributed by atoms with Crippen LogP contribution >= 0.6 is 0 Å². The van der Waals surface area contributed by atoms with Gasteiger partial charge >= 0.3 is 6.03 Å². The molecule has 0 saturated carbocycles. The molecule has 3 atom stereocenters. The average Bonchev–Trinajstić information content (AvgIpc) is 3.35. The summed E-state index contributed by atoms with van der Waals surface area (Å²) in [4.78, 5) is 38.5. The van der Waals surface area contributed by atoms with Crippen LogP contribution in [0, 0.1) is 0 Å². The van der Waals surface area contributed by atoms with Gasteiger partial charge in [-0.05, 0) is 30.2 Å². The summed E-state index contributed by atoms with van der Waals surface area (Å²) in [7, 11) is 0. The van der Waals surface area contributed by atoms with Crippen LogP contribution in [0.3, 0.4) is 0 Å².